The summed E-state index contributed by atoms with van der Waals surface area (Å²) in [5.41, 5.74) is 5.51. The molecule has 5 rings (SSSR count). The molecule has 0 aliphatic carbocycles. The summed E-state index contributed by atoms with van der Waals surface area (Å²) in [5, 5.41) is 0.949. The smallest absolute Gasteiger partial charge is 0.195 e. The molecule has 0 aliphatic heterocycles. The first kappa shape index (κ1) is 18.3. The summed E-state index contributed by atoms with van der Waals surface area (Å²) in [4.78, 5) is 8.55. The van der Waals surface area contributed by atoms with Crippen LogP contribution in [-0.2, 0) is 0 Å². The number of hydrogen-bond donors (Lipinski definition) is 0. The monoisotopic (exact) mass is 404 g/mol. The summed E-state index contributed by atoms with van der Waals surface area (Å²) >= 11 is 1.72. The number of anilines is 3. The third-order valence-corrected chi connectivity index (χ3v) is 6.01. The number of para-hydroxylation sites is 2. The van der Waals surface area contributed by atoms with E-state index in [9.17, 15) is 0 Å². The molecule has 0 N–H and O–H groups in total. The van der Waals surface area contributed by atoms with Gasteiger partial charge in [-0.1, -0.05) is 108 Å². The van der Waals surface area contributed by atoms with Crippen LogP contribution in [0.4, 0.5) is 16.5 Å². The van der Waals surface area contributed by atoms with Gasteiger partial charge in [-0.3, -0.25) is 4.90 Å². The Balaban J connectivity index is 1.72. The summed E-state index contributed by atoms with van der Waals surface area (Å²) in [7, 11) is 0. The van der Waals surface area contributed by atoms with Gasteiger partial charge >= 0.3 is 0 Å². The van der Waals surface area contributed by atoms with Crippen LogP contribution in [0.1, 0.15) is 0 Å². The van der Waals surface area contributed by atoms with Gasteiger partial charge in [0.1, 0.15) is 0 Å². The van der Waals surface area contributed by atoms with Gasteiger partial charge in [-0.2, -0.15) is 0 Å². The topological polar surface area (TPSA) is 16.1 Å². The van der Waals surface area contributed by atoms with Crippen LogP contribution < -0.4 is 4.90 Å². The molecular weight excluding hydrogens is 384 g/mol. The zero-order valence-corrected chi connectivity index (χ0v) is 17.2. The predicted octanol–water partition coefficient (Wildman–Crippen LogP) is 7.95. The highest BCUT2D eigenvalue weighted by Gasteiger charge is 2.21. The number of thiazole rings is 1. The highest BCUT2D eigenvalue weighted by atomic mass is 32.1. The van der Waals surface area contributed by atoms with Crippen molar-refractivity contribution in [1.29, 1.82) is 0 Å². The van der Waals surface area contributed by atoms with Crippen LogP contribution in [0.2, 0.25) is 0 Å². The Hall–Kier alpha value is -3.69. The third kappa shape index (κ3) is 3.63. The van der Waals surface area contributed by atoms with Gasteiger partial charge in [-0.05, 0) is 29.8 Å². The van der Waals surface area contributed by atoms with Crippen LogP contribution in [-0.4, -0.2) is 4.98 Å². The number of rotatable bonds is 5. The van der Waals surface area contributed by atoms with Crippen LogP contribution in [0.25, 0.3) is 21.7 Å². The first-order chi connectivity index (χ1) is 14.9. The van der Waals surface area contributed by atoms with Crippen LogP contribution in [0.5, 0.6) is 0 Å². The quantitative estimate of drug-likeness (QED) is 0.295. The van der Waals surface area contributed by atoms with E-state index in [2.05, 4.69) is 102 Å². The van der Waals surface area contributed by atoms with E-state index < -0.39 is 0 Å². The van der Waals surface area contributed by atoms with Gasteiger partial charge in [-0.25, -0.2) is 4.98 Å². The molecule has 0 amide bonds. The number of aromatic nitrogens is 1. The van der Waals surface area contributed by atoms with Crippen molar-refractivity contribution in [2.24, 2.45) is 0 Å². The minimum absolute atomic E-state index is 0.949. The van der Waals surface area contributed by atoms with Crippen LogP contribution >= 0.6 is 11.3 Å². The highest BCUT2D eigenvalue weighted by Crippen LogP contribution is 2.44. The van der Waals surface area contributed by atoms with Gasteiger partial charge < -0.3 is 0 Å². The van der Waals surface area contributed by atoms with Crippen molar-refractivity contribution in [3.63, 3.8) is 0 Å². The van der Waals surface area contributed by atoms with Gasteiger partial charge in [0.05, 0.1) is 10.6 Å². The maximum Gasteiger partial charge on any atom is 0.195 e. The number of hydrogen-bond acceptors (Lipinski definition) is 3. The Morgan fingerprint density at radius 2 is 0.933 bits per heavy atom. The Morgan fingerprint density at radius 3 is 1.43 bits per heavy atom. The lowest BCUT2D eigenvalue weighted by molar-refractivity contribution is 1.23. The molecule has 0 radical (unpaired) electrons. The largest absolute Gasteiger partial charge is 0.286 e. The molecule has 4 aromatic carbocycles. The Morgan fingerprint density at radius 1 is 0.500 bits per heavy atom. The first-order valence-electron chi connectivity index (χ1n) is 9.92. The lowest BCUT2D eigenvalue weighted by Crippen LogP contribution is -2.09. The molecule has 2 nitrogen and oxygen atoms in total. The van der Waals surface area contributed by atoms with Gasteiger partial charge in [0.2, 0.25) is 0 Å². The fourth-order valence-electron chi connectivity index (χ4n) is 3.51. The van der Waals surface area contributed by atoms with Crippen molar-refractivity contribution in [3.8, 4) is 21.7 Å². The van der Waals surface area contributed by atoms with Crippen LogP contribution in [0, 0.1) is 0 Å². The fourth-order valence-corrected chi connectivity index (χ4v) is 4.64. The summed E-state index contributed by atoms with van der Waals surface area (Å²) in [6.07, 6.45) is 0. The second-order valence-electron chi connectivity index (χ2n) is 6.91. The van der Waals surface area contributed by atoms with Crippen molar-refractivity contribution in [2.45, 2.75) is 0 Å². The molecule has 1 aromatic heterocycles. The SMILES string of the molecule is c1ccc(-c2nc(N(c3ccccc3)c3ccccc3)sc2-c2ccccc2)cc1. The van der Waals surface area contributed by atoms with E-state index in [0.29, 0.717) is 0 Å². The first-order valence-corrected chi connectivity index (χ1v) is 10.7. The van der Waals surface area contributed by atoms with E-state index in [1.54, 1.807) is 11.3 Å². The third-order valence-electron chi connectivity index (χ3n) is 4.92. The molecule has 30 heavy (non-hydrogen) atoms. The molecule has 0 bridgehead atoms. The van der Waals surface area contributed by atoms with Crippen molar-refractivity contribution >= 4 is 27.8 Å². The van der Waals surface area contributed by atoms with E-state index in [1.165, 1.54) is 10.4 Å². The van der Waals surface area contributed by atoms with Gasteiger partial charge in [0, 0.05) is 16.9 Å². The fraction of sp³-hybridized carbons (Fsp3) is 0. The number of nitrogens with zero attached hydrogens (tertiary/aromatic N) is 2. The van der Waals surface area contributed by atoms with E-state index in [0.717, 1.165) is 27.8 Å². The van der Waals surface area contributed by atoms with Crippen LogP contribution in [0.3, 0.4) is 0 Å². The van der Waals surface area contributed by atoms with Gasteiger partial charge in [-0.15, -0.1) is 0 Å². The summed E-state index contributed by atoms with van der Waals surface area (Å²) in [6, 6.07) is 41.8. The van der Waals surface area contributed by atoms with Crippen molar-refractivity contribution in [1.82, 2.24) is 4.98 Å². The zero-order chi connectivity index (χ0) is 20.2. The molecule has 144 valence electrons. The van der Waals surface area contributed by atoms with E-state index in [1.807, 2.05) is 24.3 Å². The molecule has 1 heterocycles. The Labute approximate surface area is 180 Å². The molecule has 0 unspecified atom stereocenters. The van der Waals surface area contributed by atoms with Gasteiger partial charge in [0.15, 0.2) is 5.13 Å². The van der Waals surface area contributed by atoms with Crippen molar-refractivity contribution in [3.05, 3.63) is 121 Å². The molecule has 0 aliphatic rings. The van der Waals surface area contributed by atoms with E-state index in [4.69, 9.17) is 4.98 Å². The molecular formula is C27H20N2S. The average molecular weight is 405 g/mol. The minimum atomic E-state index is 0.949. The highest BCUT2D eigenvalue weighted by molar-refractivity contribution is 7.19. The maximum absolute atomic E-state index is 5.15. The lowest BCUT2D eigenvalue weighted by atomic mass is 10.1. The maximum atomic E-state index is 5.15. The molecule has 0 saturated carbocycles. The Kier molecular flexibility index (Phi) is 5.11. The van der Waals surface area contributed by atoms with E-state index >= 15 is 0 Å². The summed E-state index contributed by atoms with van der Waals surface area (Å²) in [5.74, 6) is 0. The van der Waals surface area contributed by atoms with Crippen molar-refractivity contribution < 1.29 is 0 Å². The molecule has 0 saturated heterocycles. The second-order valence-corrected chi connectivity index (χ2v) is 7.89. The molecule has 0 spiro atoms. The van der Waals surface area contributed by atoms with Gasteiger partial charge in [0.25, 0.3) is 0 Å². The summed E-state index contributed by atoms with van der Waals surface area (Å²) < 4.78 is 0. The second kappa shape index (κ2) is 8.36. The predicted molar refractivity (Wildman–Crippen MR) is 128 cm³/mol. The van der Waals surface area contributed by atoms with E-state index in [-0.39, 0.29) is 0 Å². The molecule has 3 heteroatoms. The summed E-state index contributed by atoms with van der Waals surface area (Å²) in [6.45, 7) is 0. The molecule has 0 atom stereocenters. The average Bonchev–Trinajstić information content (AvgIpc) is 3.27. The Bertz CT molecular complexity index is 1120. The standard InChI is InChI=1S/C27H20N2S/c1-5-13-21(14-6-1)25-26(22-15-7-2-8-16-22)30-27(28-25)29(23-17-9-3-10-18-23)24-19-11-4-12-20-24/h1-20H. The minimum Gasteiger partial charge on any atom is -0.286 e. The number of benzene rings is 4. The zero-order valence-electron chi connectivity index (χ0n) is 16.3. The normalized spacial score (nSPS) is 10.7. The molecule has 5 aromatic rings. The van der Waals surface area contributed by atoms with Crippen molar-refractivity contribution in [2.75, 3.05) is 4.90 Å². The lowest BCUT2D eigenvalue weighted by Gasteiger charge is -2.22. The molecule has 0 fully saturated rings. The van der Waals surface area contributed by atoms with Crippen LogP contribution in [0.15, 0.2) is 121 Å².